The number of carbonyl (C=O) groups excluding carboxylic acids is 1. The first-order valence-corrected chi connectivity index (χ1v) is 11.3. The lowest BCUT2D eigenvalue weighted by atomic mass is 9.99. The summed E-state index contributed by atoms with van der Waals surface area (Å²) < 4.78 is 5.51. The zero-order valence-electron chi connectivity index (χ0n) is 18.8. The van der Waals surface area contributed by atoms with Gasteiger partial charge in [-0.05, 0) is 43.0 Å². The molecule has 7 nitrogen and oxygen atoms in total. The Labute approximate surface area is 203 Å². The highest BCUT2D eigenvalue weighted by atomic mass is 35.5. The van der Waals surface area contributed by atoms with E-state index in [-0.39, 0.29) is 18.9 Å². The summed E-state index contributed by atoms with van der Waals surface area (Å²) in [6.07, 6.45) is 0.278. The molecule has 0 aliphatic heterocycles. The van der Waals surface area contributed by atoms with Crippen LogP contribution in [0.25, 0.3) is 11.1 Å². The lowest BCUT2D eigenvalue weighted by Crippen LogP contribution is -2.12. The molecule has 0 aliphatic rings. The summed E-state index contributed by atoms with van der Waals surface area (Å²) in [5.74, 6) is 0.271. The lowest BCUT2D eigenvalue weighted by molar-refractivity contribution is -0.116. The molecule has 0 radical (unpaired) electrons. The zero-order valence-corrected chi connectivity index (χ0v) is 19.6. The SMILES string of the molecule is CCOc1cc(NC(=O)CCCc2ccc(-c3ccccc3)c(NC(=O)O)c2)c(Cl)cc1CO. The van der Waals surface area contributed by atoms with Crippen molar-refractivity contribution in [3.8, 4) is 16.9 Å². The minimum atomic E-state index is -1.13. The van der Waals surface area contributed by atoms with E-state index in [0.717, 1.165) is 16.7 Å². The zero-order chi connectivity index (χ0) is 24.5. The van der Waals surface area contributed by atoms with E-state index in [2.05, 4.69) is 10.6 Å². The first kappa shape index (κ1) is 25.1. The van der Waals surface area contributed by atoms with Gasteiger partial charge in [0.1, 0.15) is 5.75 Å². The van der Waals surface area contributed by atoms with Crippen molar-refractivity contribution in [3.63, 3.8) is 0 Å². The first-order chi connectivity index (χ1) is 16.4. The van der Waals surface area contributed by atoms with Gasteiger partial charge in [0.25, 0.3) is 0 Å². The summed E-state index contributed by atoms with van der Waals surface area (Å²) in [4.78, 5) is 23.8. The minimum absolute atomic E-state index is 0.203. The molecule has 4 N–H and O–H groups in total. The standard InChI is InChI=1S/C26H27ClN2O5/c1-2-34-24-15-23(21(27)14-19(24)16-30)28-25(31)10-6-7-17-11-12-20(18-8-4-3-5-9-18)22(13-17)29-26(32)33/h3-5,8-9,11-15,29-30H,2,6-7,10,16H2,1H3,(H,28,31)(H,32,33). The van der Waals surface area contributed by atoms with Crippen molar-refractivity contribution in [2.75, 3.05) is 17.2 Å². The molecular weight excluding hydrogens is 456 g/mol. The third-order valence-electron chi connectivity index (χ3n) is 5.17. The quantitative estimate of drug-likeness (QED) is 0.285. The van der Waals surface area contributed by atoms with Crippen molar-refractivity contribution < 1.29 is 24.5 Å². The molecule has 3 rings (SSSR count). The normalized spacial score (nSPS) is 10.6. The summed E-state index contributed by atoms with van der Waals surface area (Å²) in [7, 11) is 0. The van der Waals surface area contributed by atoms with Crippen LogP contribution in [-0.2, 0) is 17.8 Å². The largest absolute Gasteiger partial charge is 0.493 e. The molecule has 3 aromatic carbocycles. The van der Waals surface area contributed by atoms with Gasteiger partial charge in [-0.1, -0.05) is 54.1 Å². The van der Waals surface area contributed by atoms with Crippen molar-refractivity contribution in [1.82, 2.24) is 0 Å². The van der Waals surface area contributed by atoms with Crippen LogP contribution >= 0.6 is 11.6 Å². The fourth-order valence-corrected chi connectivity index (χ4v) is 3.84. The molecule has 2 amide bonds. The van der Waals surface area contributed by atoms with Crippen LogP contribution in [0.3, 0.4) is 0 Å². The molecule has 0 saturated carbocycles. The van der Waals surface area contributed by atoms with E-state index in [4.69, 9.17) is 16.3 Å². The Kier molecular flexibility index (Phi) is 8.90. The number of carbonyl (C=O) groups is 2. The highest BCUT2D eigenvalue weighted by Gasteiger charge is 2.13. The third kappa shape index (κ3) is 6.73. The van der Waals surface area contributed by atoms with Crippen LogP contribution in [0.4, 0.5) is 16.2 Å². The Morgan fingerprint density at radius 1 is 1.00 bits per heavy atom. The number of ether oxygens (including phenoxy) is 1. The Morgan fingerprint density at radius 2 is 1.76 bits per heavy atom. The summed E-state index contributed by atoms with van der Waals surface area (Å²) in [6.45, 7) is 2.03. The molecule has 178 valence electrons. The Bertz CT molecular complexity index is 1150. The fourth-order valence-electron chi connectivity index (χ4n) is 3.60. The lowest BCUT2D eigenvalue weighted by Gasteiger charge is -2.14. The maximum Gasteiger partial charge on any atom is 0.409 e. The maximum absolute atomic E-state index is 12.5. The molecule has 8 heteroatoms. The van der Waals surface area contributed by atoms with Crippen molar-refractivity contribution in [1.29, 1.82) is 0 Å². The number of benzene rings is 3. The van der Waals surface area contributed by atoms with Gasteiger partial charge in [-0.15, -0.1) is 0 Å². The van der Waals surface area contributed by atoms with Crippen LogP contribution in [0.2, 0.25) is 5.02 Å². The predicted octanol–water partition coefficient (Wildman–Crippen LogP) is 5.95. The second-order valence-corrected chi connectivity index (χ2v) is 8.02. The summed E-state index contributed by atoms with van der Waals surface area (Å²) in [5, 5.41) is 24.3. The maximum atomic E-state index is 12.5. The Morgan fingerprint density at radius 3 is 2.44 bits per heavy atom. The number of hydrogen-bond acceptors (Lipinski definition) is 4. The fraction of sp³-hybridized carbons (Fsp3) is 0.231. The van der Waals surface area contributed by atoms with E-state index in [1.165, 1.54) is 0 Å². The van der Waals surface area contributed by atoms with Gasteiger partial charge in [0.2, 0.25) is 5.91 Å². The van der Waals surface area contributed by atoms with E-state index in [0.29, 0.717) is 47.2 Å². The number of amides is 2. The number of rotatable bonds is 10. The van der Waals surface area contributed by atoms with Crippen LogP contribution in [0.15, 0.2) is 60.7 Å². The van der Waals surface area contributed by atoms with Crippen LogP contribution in [0.5, 0.6) is 5.75 Å². The van der Waals surface area contributed by atoms with E-state index in [9.17, 15) is 19.8 Å². The second kappa shape index (κ2) is 12.1. The van der Waals surface area contributed by atoms with Crippen molar-refractivity contribution in [2.24, 2.45) is 0 Å². The van der Waals surface area contributed by atoms with Gasteiger partial charge in [-0.25, -0.2) is 4.79 Å². The topological polar surface area (TPSA) is 108 Å². The van der Waals surface area contributed by atoms with Crippen LogP contribution in [0, 0.1) is 0 Å². The van der Waals surface area contributed by atoms with E-state index in [1.807, 2.05) is 49.4 Å². The predicted molar refractivity (Wildman–Crippen MR) is 134 cm³/mol. The van der Waals surface area contributed by atoms with Crippen molar-refractivity contribution >= 4 is 35.0 Å². The third-order valence-corrected chi connectivity index (χ3v) is 5.49. The number of nitrogens with one attached hydrogen (secondary N) is 2. The summed E-state index contributed by atoms with van der Waals surface area (Å²) >= 11 is 6.24. The highest BCUT2D eigenvalue weighted by molar-refractivity contribution is 6.33. The number of hydrogen-bond donors (Lipinski definition) is 4. The molecule has 0 atom stereocenters. The van der Waals surface area contributed by atoms with Gasteiger partial charge in [0.15, 0.2) is 0 Å². The molecular formula is C26H27ClN2O5. The average molecular weight is 483 g/mol. The number of anilines is 2. The minimum Gasteiger partial charge on any atom is -0.493 e. The molecule has 0 aromatic heterocycles. The summed E-state index contributed by atoms with van der Waals surface area (Å²) in [6, 6.07) is 18.3. The second-order valence-electron chi connectivity index (χ2n) is 7.61. The first-order valence-electron chi connectivity index (χ1n) is 11.0. The molecule has 0 aliphatic carbocycles. The Hall–Kier alpha value is -3.55. The van der Waals surface area contributed by atoms with Crippen LogP contribution in [-0.4, -0.2) is 28.8 Å². The van der Waals surface area contributed by atoms with Gasteiger partial charge in [0, 0.05) is 23.6 Å². The van der Waals surface area contributed by atoms with Crippen LogP contribution in [0.1, 0.15) is 30.9 Å². The molecule has 0 bridgehead atoms. The van der Waals surface area contributed by atoms with Gasteiger partial charge in [-0.2, -0.15) is 0 Å². The van der Waals surface area contributed by atoms with Gasteiger partial charge in [-0.3, -0.25) is 10.1 Å². The molecule has 34 heavy (non-hydrogen) atoms. The van der Waals surface area contributed by atoms with Gasteiger partial charge >= 0.3 is 6.09 Å². The number of halogens is 1. The van der Waals surface area contributed by atoms with E-state index < -0.39 is 6.09 Å². The molecule has 0 heterocycles. The molecule has 0 unspecified atom stereocenters. The molecule has 3 aromatic rings. The number of aliphatic hydroxyl groups is 1. The van der Waals surface area contributed by atoms with Gasteiger partial charge in [0.05, 0.1) is 29.6 Å². The van der Waals surface area contributed by atoms with Gasteiger partial charge < -0.3 is 20.3 Å². The number of carboxylic acid groups (broad SMARTS) is 1. The summed E-state index contributed by atoms with van der Waals surface area (Å²) in [5.41, 5.74) is 4.09. The number of aryl methyl sites for hydroxylation is 1. The van der Waals surface area contributed by atoms with E-state index >= 15 is 0 Å². The highest BCUT2D eigenvalue weighted by Crippen LogP contribution is 2.32. The molecule has 0 spiro atoms. The average Bonchev–Trinajstić information content (AvgIpc) is 2.81. The van der Waals surface area contributed by atoms with Crippen molar-refractivity contribution in [3.05, 3.63) is 76.8 Å². The molecule has 0 saturated heterocycles. The van der Waals surface area contributed by atoms with Crippen molar-refractivity contribution in [2.45, 2.75) is 32.8 Å². The smallest absolute Gasteiger partial charge is 0.409 e. The van der Waals surface area contributed by atoms with E-state index in [1.54, 1.807) is 18.2 Å². The Balaban J connectivity index is 1.64. The van der Waals surface area contributed by atoms with Crippen LogP contribution < -0.4 is 15.4 Å². The monoisotopic (exact) mass is 482 g/mol. The molecule has 0 fully saturated rings. The number of aliphatic hydroxyl groups excluding tert-OH is 1.